The molecule has 0 aliphatic carbocycles. The summed E-state index contributed by atoms with van der Waals surface area (Å²) in [4.78, 5) is 0. The molecule has 0 aliphatic heterocycles. The standard InChI is InChI=1S/C10H10F6O7S2Si/c1-21-7-3-5-8(6-4-7)26(2,22-24(17,18)9(11,12)13)23-25(19,20)10(14,15)16/h3-6H,1-2H3. The zero-order valence-corrected chi connectivity index (χ0v) is 15.4. The fourth-order valence-electron chi connectivity index (χ4n) is 1.52. The normalized spacial score (nSPS) is 14.3. The third kappa shape index (κ3) is 4.87. The Morgan fingerprint density at radius 1 is 0.808 bits per heavy atom. The van der Waals surface area contributed by atoms with Gasteiger partial charge in [0, 0.05) is 0 Å². The van der Waals surface area contributed by atoms with Crippen LogP contribution in [0.15, 0.2) is 24.3 Å². The Labute approximate surface area is 145 Å². The minimum atomic E-state index is -6.46. The second kappa shape index (κ2) is 6.99. The van der Waals surface area contributed by atoms with Gasteiger partial charge in [0.15, 0.2) is 0 Å². The number of halogens is 6. The van der Waals surface area contributed by atoms with Crippen LogP contribution >= 0.6 is 0 Å². The summed E-state index contributed by atoms with van der Waals surface area (Å²) in [5.74, 6) is 0.0995. The number of alkyl halides is 6. The van der Waals surface area contributed by atoms with Crippen molar-refractivity contribution in [2.75, 3.05) is 7.11 Å². The minimum absolute atomic E-state index is 0.0995. The molecule has 0 aliphatic rings. The number of methoxy groups -OCH3 is 1. The van der Waals surface area contributed by atoms with Gasteiger partial charge >= 0.3 is 39.8 Å². The summed E-state index contributed by atoms with van der Waals surface area (Å²) in [5.41, 5.74) is -12.0. The Balaban J connectivity index is 3.51. The van der Waals surface area contributed by atoms with Gasteiger partial charge in [0.05, 0.1) is 7.11 Å². The van der Waals surface area contributed by atoms with E-state index in [4.69, 9.17) is 4.74 Å². The molecular weight excluding hydrogens is 438 g/mol. The van der Waals surface area contributed by atoms with Crippen LogP contribution in [0, 0.1) is 0 Å². The maximum Gasteiger partial charge on any atom is 0.522 e. The van der Waals surface area contributed by atoms with E-state index in [-0.39, 0.29) is 5.75 Å². The number of hydrogen-bond donors (Lipinski definition) is 0. The van der Waals surface area contributed by atoms with Crippen molar-refractivity contribution in [3.63, 3.8) is 0 Å². The molecule has 0 atom stereocenters. The number of ether oxygens (including phenoxy) is 1. The second-order valence-corrected chi connectivity index (χ2v) is 11.2. The Bertz CT molecular complexity index is 799. The zero-order valence-electron chi connectivity index (χ0n) is 12.8. The Kier molecular flexibility index (Phi) is 6.09. The van der Waals surface area contributed by atoms with Crippen molar-refractivity contribution in [1.82, 2.24) is 0 Å². The Hall–Kier alpha value is -1.36. The Morgan fingerprint density at radius 3 is 1.42 bits per heavy atom. The van der Waals surface area contributed by atoms with Crippen molar-refractivity contribution < 1.29 is 55.7 Å². The van der Waals surface area contributed by atoms with E-state index in [0.717, 1.165) is 24.3 Å². The molecule has 0 radical (unpaired) electrons. The molecule has 1 aromatic rings. The van der Waals surface area contributed by atoms with E-state index in [1.807, 2.05) is 0 Å². The first-order valence-corrected chi connectivity index (χ1v) is 11.3. The molecule has 0 spiro atoms. The lowest BCUT2D eigenvalue weighted by Gasteiger charge is -2.26. The van der Waals surface area contributed by atoms with Gasteiger partial charge in [-0.05, 0) is 23.9 Å². The maximum absolute atomic E-state index is 12.5. The van der Waals surface area contributed by atoms with Gasteiger partial charge in [-0.1, -0.05) is 12.1 Å². The average molecular weight is 448 g/mol. The molecule has 0 amide bonds. The van der Waals surface area contributed by atoms with Gasteiger partial charge in [-0.2, -0.15) is 43.2 Å². The summed E-state index contributed by atoms with van der Waals surface area (Å²) in [5, 5.41) is -0.640. The van der Waals surface area contributed by atoms with Crippen molar-refractivity contribution in [1.29, 1.82) is 0 Å². The van der Waals surface area contributed by atoms with Crippen LogP contribution in [0.4, 0.5) is 26.3 Å². The molecule has 1 rings (SSSR count). The first-order chi connectivity index (χ1) is 11.5. The van der Waals surface area contributed by atoms with Crippen molar-refractivity contribution >= 4 is 34.0 Å². The van der Waals surface area contributed by atoms with Gasteiger partial charge in [-0.25, -0.2) is 0 Å². The van der Waals surface area contributed by atoms with Crippen LogP contribution in [0.2, 0.25) is 6.55 Å². The molecule has 0 unspecified atom stereocenters. The van der Waals surface area contributed by atoms with Crippen LogP contribution in [-0.2, 0) is 28.0 Å². The Morgan fingerprint density at radius 2 is 1.15 bits per heavy atom. The van der Waals surface area contributed by atoms with Crippen LogP contribution in [0.1, 0.15) is 0 Å². The lowest BCUT2D eigenvalue weighted by atomic mass is 10.3. The molecule has 7 nitrogen and oxygen atoms in total. The van der Waals surface area contributed by atoms with Gasteiger partial charge in [0.2, 0.25) is 0 Å². The van der Waals surface area contributed by atoms with Crippen LogP contribution in [0.25, 0.3) is 0 Å². The van der Waals surface area contributed by atoms with Crippen molar-refractivity contribution in [3.8, 4) is 5.75 Å². The SMILES string of the molecule is COc1ccc([Si](C)(OS(=O)(=O)C(F)(F)F)OS(=O)(=O)C(F)(F)F)cc1. The van der Waals surface area contributed by atoms with Gasteiger partial charge < -0.3 is 4.74 Å². The molecule has 0 N–H and O–H groups in total. The number of benzene rings is 1. The predicted octanol–water partition coefficient (Wildman–Crippen LogP) is 1.71. The number of rotatable bonds is 6. The summed E-state index contributed by atoms with van der Waals surface area (Å²) >= 11 is 0. The summed E-state index contributed by atoms with van der Waals surface area (Å²) in [7, 11) is -17.1. The fourth-order valence-corrected chi connectivity index (χ4v) is 7.53. The highest BCUT2D eigenvalue weighted by Crippen LogP contribution is 2.32. The third-order valence-electron chi connectivity index (χ3n) is 2.72. The van der Waals surface area contributed by atoms with Crippen LogP contribution in [0.5, 0.6) is 5.75 Å². The molecule has 1 aromatic carbocycles. The highest BCUT2D eigenvalue weighted by Gasteiger charge is 2.58. The molecule has 0 bridgehead atoms. The predicted molar refractivity (Wildman–Crippen MR) is 76.4 cm³/mol. The van der Waals surface area contributed by atoms with Gasteiger partial charge in [0.1, 0.15) is 5.75 Å². The van der Waals surface area contributed by atoms with Crippen LogP contribution in [-0.4, -0.2) is 43.5 Å². The van der Waals surface area contributed by atoms with Gasteiger partial charge in [0.25, 0.3) is 0 Å². The van der Waals surface area contributed by atoms with Crippen molar-refractivity contribution in [3.05, 3.63) is 24.3 Å². The first-order valence-electron chi connectivity index (χ1n) is 6.13. The molecule has 0 saturated heterocycles. The minimum Gasteiger partial charge on any atom is -0.497 e. The van der Waals surface area contributed by atoms with E-state index in [1.54, 1.807) is 0 Å². The first kappa shape index (κ1) is 22.7. The number of hydrogen-bond acceptors (Lipinski definition) is 7. The molecule has 0 heterocycles. The second-order valence-electron chi connectivity index (χ2n) is 4.64. The lowest BCUT2D eigenvalue weighted by Crippen LogP contribution is -2.56. The molecule has 26 heavy (non-hydrogen) atoms. The summed E-state index contributed by atoms with van der Waals surface area (Å²) in [6.45, 7) is 0.404. The topological polar surface area (TPSA) is 96.0 Å². The monoisotopic (exact) mass is 448 g/mol. The highest BCUT2D eigenvalue weighted by molar-refractivity contribution is 7.90. The van der Waals surface area contributed by atoms with E-state index in [1.165, 1.54) is 7.11 Å². The zero-order chi connectivity index (χ0) is 20.6. The average Bonchev–Trinajstić information content (AvgIpc) is 2.43. The van der Waals surface area contributed by atoms with E-state index >= 15 is 0 Å². The van der Waals surface area contributed by atoms with Crippen molar-refractivity contribution in [2.45, 2.75) is 17.6 Å². The summed E-state index contributed by atoms with van der Waals surface area (Å²) < 4.78 is 132. The molecule has 16 heteroatoms. The maximum atomic E-state index is 12.5. The van der Waals surface area contributed by atoms with Crippen LogP contribution < -0.4 is 9.92 Å². The third-order valence-corrected chi connectivity index (χ3v) is 9.53. The lowest BCUT2D eigenvalue weighted by molar-refractivity contribution is -0.0529. The highest BCUT2D eigenvalue weighted by atomic mass is 32.2. The quantitative estimate of drug-likeness (QED) is 0.371. The summed E-state index contributed by atoms with van der Waals surface area (Å²) in [6, 6.07) is 3.72. The molecule has 0 saturated carbocycles. The molecule has 0 fully saturated rings. The van der Waals surface area contributed by atoms with Gasteiger partial charge in [-0.3, -0.25) is 7.74 Å². The van der Waals surface area contributed by atoms with E-state index in [0.29, 0.717) is 6.55 Å². The van der Waals surface area contributed by atoms with Gasteiger partial charge in [-0.15, -0.1) is 0 Å². The van der Waals surface area contributed by atoms with Crippen LogP contribution in [0.3, 0.4) is 0 Å². The molecule has 150 valence electrons. The smallest absolute Gasteiger partial charge is 0.497 e. The fraction of sp³-hybridized carbons (Fsp3) is 0.400. The largest absolute Gasteiger partial charge is 0.522 e. The van der Waals surface area contributed by atoms with Crippen molar-refractivity contribution in [2.24, 2.45) is 0 Å². The molecular formula is C10H10F6O7S2Si. The summed E-state index contributed by atoms with van der Waals surface area (Å²) in [6.07, 6.45) is 0. The van der Waals surface area contributed by atoms with E-state index in [2.05, 4.69) is 7.74 Å². The molecule has 0 aromatic heterocycles. The van der Waals surface area contributed by atoms with E-state index < -0.39 is 45.0 Å². The van der Waals surface area contributed by atoms with E-state index in [9.17, 15) is 43.2 Å².